The molecule has 10 heteroatoms. The van der Waals surface area contributed by atoms with Crippen LogP contribution in [0.25, 0.3) is 11.1 Å². The third-order valence-electron chi connectivity index (χ3n) is 4.68. The molecule has 0 bridgehead atoms. The Hall–Kier alpha value is -3.40. The van der Waals surface area contributed by atoms with E-state index in [1.807, 2.05) is 0 Å². The lowest BCUT2D eigenvalue weighted by Crippen LogP contribution is -2.11. The van der Waals surface area contributed by atoms with E-state index in [1.165, 1.54) is 19.2 Å². The number of halogens is 4. The highest BCUT2D eigenvalue weighted by molar-refractivity contribution is 7.90. The number of carboxylic acids is 1. The number of carboxylic acid groups (broad SMARTS) is 1. The Morgan fingerprint density at radius 1 is 1.00 bits per heavy atom. The highest BCUT2D eigenvalue weighted by Crippen LogP contribution is 2.36. The third kappa shape index (κ3) is 4.91. The number of rotatable bonds is 6. The van der Waals surface area contributed by atoms with Crippen molar-refractivity contribution in [3.8, 4) is 16.9 Å². The lowest BCUT2D eigenvalue weighted by molar-refractivity contribution is -0.137. The fourth-order valence-electron chi connectivity index (χ4n) is 3.14. The van der Waals surface area contributed by atoms with Crippen molar-refractivity contribution in [3.05, 3.63) is 83.2 Å². The second-order valence-corrected chi connectivity index (χ2v) is 8.76. The molecule has 0 aliphatic heterocycles. The van der Waals surface area contributed by atoms with Crippen LogP contribution >= 0.6 is 0 Å². The SMILES string of the molecule is COc1ccc(C(=O)O)cc1S(=O)(=O)Cc1cc(C(F)(F)F)ccc1-c1ccc(F)cc1. The molecule has 5 nitrogen and oxygen atoms in total. The second kappa shape index (κ2) is 8.62. The maximum Gasteiger partial charge on any atom is 0.416 e. The van der Waals surface area contributed by atoms with Crippen molar-refractivity contribution in [1.29, 1.82) is 0 Å². The smallest absolute Gasteiger partial charge is 0.416 e. The number of carbonyl (C=O) groups is 1. The van der Waals surface area contributed by atoms with Crippen molar-refractivity contribution in [1.82, 2.24) is 0 Å². The monoisotopic (exact) mass is 468 g/mol. The zero-order valence-electron chi connectivity index (χ0n) is 16.5. The van der Waals surface area contributed by atoms with Crippen LogP contribution in [0.15, 0.2) is 65.6 Å². The van der Waals surface area contributed by atoms with Crippen LogP contribution in [0.5, 0.6) is 5.75 Å². The van der Waals surface area contributed by atoms with E-state index in [-0.39, 0.29) is 22.4 Å². The van der Waals surface area contributed by atoms with E-state index in [0.717, 1.165) is 42.5 Å². The van der Waals surface area contributed by atoms with Gasteiger partial charge < -0.3 is 9.84 Å². The van der Waals surface area contributed by atoms with Crippen LogP contribution < -0.4 is 4.74 Å². The minimum absolute atomic E-state index is 0.148. The lowest BCUT2D eigenvalue weighted by atomic mass is 9.98. The summed E-state index contributed by atoms with van der Waals surface area (Å²) in [5, 5.41) is 9.18. The van der Waals surface area contributed by atoms with Gasteiger partial charge in [-0.15, -0.1) is 0 Å². The zero-order chi connectivity index (χ0) is 23.7. The van der Waals surface area contributed by atoms with Gasteiger partial charge in [0.2, 0.25) is 0 Å². The molecule has 3 rings (SSSR count). The average Bonchev–Trinajstić information content (AvgIpc) is 2.73. The van der Waals surface area contributed by atoms with Crippen molar-refractivity contribution in [2.24, 2.45) is 0 Å². The maximum atomic E-state index is 13.3. The van der Waals surface area contributed by atoms with E-state index in [1.54, 1.807) is 0 Å². The first-order chi connectivity index (χ1) is 14.9. The summed E-state index contributed by atoms with van der Waals surface area (Å²) in [6.45, 7) is 0. The van der Waals surface area contributed by atoms with Gasteiger partial charge >= 0.3 is 12.1 Å². The molecule has 3 aromatic rings. The molecule has 0 heterocycles. The first-order valence-corrected chi connectivity index (χ1v) is 10.7. The zero-order valence-corrected chi connectivity index (χ0v) is 17.3. The summed E-state index contributed by atoms with van der Waals surface area (Å²) in [4.78, 5) is 10.8. The number of aromatic carboxylic acids is 1. The van der Waals surface area contributed by atoms with Crippen molar-refractivity contribution in [3.63, 3.8) is 0 Å². The Morgan fingerprint density at radius 2 is 1.66 bits per heavy atom. The van der Waals surface area contributed by atoms with Gasteiger partial charge in [0.25, 0.3) is 0 Å². The number of hydrogen-bond donors (Lipinski definition) is 1. The average molecular weight is 468 g/mol. The number of benzene rings is 3. The van der Waals surface area contributed by atoms with Gasteiger partial charge in [-0.05, 0) is 59.2 Å². The molecule has 32 heavy (non-hydrogen) atoms. The maximum absolute atomic E-state index is 13.3. The topological polar surface area (TPSA) is 80.7 Å². The normalized spacial score (nSPS) is 11.9. The van der Waals surface area contributed by atoms with E-state index >= 15 is 0 Å². The van der Waals surface area contributed by atoms with Crippen molar-refractivity contribution < 1.29 is 40.6 Å². The molecular formula is C22H16F4O5S. The summed E-state index contributed by atoms with van der Waals surface area (Å²) < 4.78 is 84.5. The molecular weight excluding hydrogens is 452 g/mol. The summed E-state index contributed by atoms with van der Waals surface area (Å²) in [6.07, 6.45) is -4.72. The molecule has 0 spiro atoms. The molecule has 3 aromatic carbocycles. The Morgan fingerprint density at radius 3 is 2.22 bits per heavy atom. The van der Waals surface area contributed by atoms with Crippen molar-refractivity contribution in [2.75, 3.05) is 7.11 Å². The van der Waals surface area contributed by atoms with Crippen LogP contribution in [0.4, 0.5) is 17.6 Å². The van der Waals surface area contributed by atoms with Crippen LogP contribution in [0.2, 0.25) is 0 Å². The van der Waals surface area contributed by atoms with Gasteiger partial charge in [0, 0.05) is 0 Å². The molecule has 0 fully saturated rings. The number of hydrogen-bond acceptors (Lipinski definition) is 4. The molecule has 0 aliphatic carbocycles. The Bertz CT molecular complexity index is 1270. The third-order valence-corrected chi connectivity index (χ3v) is 6.36. The first kappa shape index (κ1) is 23.3. The van der Waals surface area contributed by atoms with Gasteiger partial charge in [-0.3, -0.25) is 0 Å². The molecule has 0 amide bonds. The largest absolute Gasteiger partial charge is 0.495 e. The fourth-order valence-corrected chi connectivity index (χ4v) is 4.70. The summed E-state index contributed by atoms with van der Waals surface area (Å²) in [6, 6.07) is 10.7. The minimum Gasteiger partial charge on any atom is -0.495 e. The number of sulfone groups is 1. The highest BCUT2D eigenvalue weighted by Gasteiger charge is 2.32. The summed E-state index contributed by atoms with van der Waals surface area (Å²) in [5.41, 5.74) is -1.09. The Kier molecular flexibility index (Phi) is 6.27. The van der Waals surface area contributed by atoms with Gasteiger partial charge in [0.1, 0.15) is 16.5 Å². The fraction of sp³-hybridized carbons (Fsp3) is 0.136. The van der Waals surface area contributed by atoms with Gasteiger partial charge in [0.15, 0.2) is 9.84 Å². The number of methoxy groups -OCH3 is 1. The molecule has 0 saturated carbocycles. The highest BCUT2D eigenvalue weighted by atomic mass is 32.2. The van der Waals surface area contributed by atoms with Gasteiger partial charge in [-0.25, -0.2) is 17.6 Å². The molecule has 0 unspecified atom stereocenters. The van der Waals surface area contributed by atoms with Gasteiger partial charge in [-0.1, -0.05) is 18.2 Å². The Balaban J connectivity index is 2.17. The standard InChI is InChI=1S/C22H16F4O5S/c1-31-19-9-4-14(21(27)28)11-20(19)32(29,30)12-15-10-16(22(24,25)26)5-8-18(15)13-2-6-17(23)7-3-13/h2-11H,12H2,1H3,(H,27,28). The molecule has 0 atom stereocenters. The minimum atomic E-state index is -4.72. The molecule has 1 N–H and O–H groups in total. The Labute approximate surface area is 180 Å². The number of alkyl halides is 3. The van der Waals surface area contributed by atoms with Crippen LogP contribution in [0, 0.1) is 5.82 Å². The molecule has 0 radical (unpaired) electrons. The first-order valence-electron chi connectivity index (χ1n) is 9.02. The van der Waals surface area contributed by atoms with Crippen molar-refractivity contribution >= 4 is 15.8 Å². The van der Waals surface area contributed by atoms with E-state index in [2.05, 4.69) is 0 Å². The van der Waals surface area contributed by atoms with Gasteiger partial charge in [0.05, 0.1) is 24.0 Å². The summed E-state index contributed by atoms with van der Waals surface area (Å²) in [5.74, 6) is -2.96. The summed E-state index contributed by atoms with van der Waals surface area (Å²) in [7, 11) is -3.16. The van der Waals surface area contributed by atoms with E-state index in [0.29, 0.717) is 11.6 Å². The molecule has 168 valence electrons. The van der Waals surface area contributed by atoms with E-state index < -0.39 is 44.0 Å². The van der Waals surface area contributed by atoms with Crippen LogP contribution in [0.1, 0.15) is 21.5 Å². The molecule has 0 aliphatic rings. The predicted octanol–water partition coefficient (Wildman–Crippen LogP) is 5.19. The lowest BCUT2D eigenvalue weighted by Gasteiger charge is -2.16. The quantitative estimate of drug-likeness (QED) is 0.504. The predicted molar refractivity (Wildman–Crippen MR) is 108 cm³/mol. The molecule has 0 aromatic heterocycles. The van der Waals surface area contributed by atoms with Crippen LogP contribution in [0.3, 0.4) is 0 Å². The second-order valence-electron chi connectivity index (χ2n) is 6.81. The summed E-state index contributed by atoms with van der Waals surface area (Å²) >= 11 is 0. The molecule has 0 saturated heterocycles. The van der Waals surface area contributed by atoms with Crippen molar-refractivity contribution in [2.45, 2.75) is 16.8 Å². The van der Waals surface area contributed by atoms with E-state index in [9.17, 15) is 35.9 Å². The number of ether oxygens (including phenoxy) is 1. The van der Waals surface area contributed by atoms with Crippen LogP contribution in [-0.4, -0.2) is 26.6 Å². The van der Waals surface area contributed by atoms with E-state index in [4.69, 9.17) is 4.74 Å². The van der Waals surface area contributed by atoms with Gasteiger partial charge in [-0.2, -0.15) is 13.2 Å². The van der Waals surface area contributed by atoms with Crippen LogP contribution in [-0.2, 0) is 21.8 Å².